The van der Waals surface area contributed by atoms with Gasteiger partial charge in [-0.1, -0.05) is 24.6 Å². The highest BCUT2D eigenvalue weighted by atomic mass is 35.5. The second-order valence-electron chi connectivity index (χ2n) is 8.98. The van der Waals surface area contributed by atoms with Crippen LogP contribution in [-0.2, 0) is 17.1 Å². The van der Waals surface area contributed by atoms with E-state index in [2.05, 4.69) is 21.8 Å². The van der Waals surface area contributed by atoms with Crippen LogP contribution >= 0.6 is 11.6 Å². The van der Waals surface area contributed by atoms with Gasteiger partial charge in [-0.15, -0.1) is 0 Å². The first-order valence-corrected chi connectivity index (χ1v) is 13.6. The van der Waals surface area contributed by atoms with E-state index in [0.29, 0.717) is 44.3 Å². The van der Waals surface area contributed by atoms with Crippen molar-refractivity contribution in [3.63, 3.8) is 0 Å². The van der Waals surface area contributed by atoms with E-state index < -0.39 is 10.0 Å². The molecule has 186 valence electrons. The van der Waals surface area contributed by atoms with Crippen molar-refractivity contribution < 1.29 is 13.2 Å². The molecule has 0 saturated carbocycles. The molecule has 3 heterocycles. The molecular formula is C23H33ClN6O3S. The minimum atomic E-state index is -3.91. The number of nitrogens with zero attached hydrogens (tertiary/aromatic N) is 6. The smallest absolute Gasteiger partial charge is 0.263 e. The van der Waals surface area contributed by atoms with Gasteiger partial charge in [-0.05, 0) is 37.6 Å². The maximum absolute atomic E-state index is 13.5. The molecule has 4 rings (SSSR count). The van der Waals surface area contributed by atoms with Gasteiger partial charge in [0.05, 0.1) is 5.56 Å². The van der Waals surface area contributed by atoms with Crippen molar-refractivity contribution in [3.05, 3.63) is 40.5 Å². The lowest BCUT2D eigenvalue weighted by atomic mass is 10.1. The summed E-state index contributed by atoms with van der Waals surface area (Å²) in [7, 11) is -2.26. The maximum atomic E-state index is 13.5. The first kappa shape index (κ1) is 25.0. The standard InChI is InChI=1S/C23H33ClN6O3S/c1-4-7-27-8-10-29(11-9-27)23(31)20-17-26(3)25-22(20)34(32,33)30-14-12-28(13-15-30)21-16-19(24)6-5-18(21)2/h5-6,16-17H,4,7-15H2,1-3H3. The van der Waals surface area contributed by atoms with Crippen molar-refractivity contribution in [2.24, 2.45) is 7.05 Å². The lowest BCUT2D eigenvalue weighted by Crippen LogP contribution is -2.50. The fourth-order valence-electron chi connectivity index (χ4n) is 4.68. The molecule has 0 spiro atoms. The Morgan fingerprint density at radius 1 is 1.06 bits per heavy atom. The Hall–Kier alpha value is -2.14. The quantitative estimate of drug-likeness (QED) is 0.594. The Labute approximate surface area is 206 Å². The van der Waals surface area contributed by atoms with Gasteiger partial charge in [0.2, 0.25) is 5.03 Å². The third kappa shape index (κ3) is 5.10. The van der Waals surface area contributed by atoms with Crippen LogP contribution in [0.2, 0.25) is 5.02 Å². The Bertz CT molecular complexity index is 1140. The van der Waals surface area contributed by atoms with Gasteiger partial charge in [-0.25, -0.2) is 8.42 Å². The Kier molecular flexibility index (Phi) is 7.51. The summed E-state index contributed by atoms with van der Waals surface area (Å²) in [6, 6.07) is 5.73. The molecule has 34 heavy (non-hydrogen) atoms. The van der Waals surface area contributed by atoms with Crippen molar-refractivity contribution in [2.75, 3.05) is 63.8 Å². The van der Waals surface area contributed by atoms with Crippen LogP contribution in [0, 0.1) is 6.92 Å². The molecule has 1 aromatic carbocycles. The number of aromatic nitrogens is 2. The summed E-state index contributed by atoms with van der Waals surface area (Å²) >= 11 is 6.17. The summed E-state index contributed by atoms with van der Waals surface area (Å²) in [5.74, 6) is -0.268. The summed E-state index contributed by atoms with van der Waals surface area (Å²) in [5.41, 5.74) is 2.26. The SMILES string of the molecule is CCCN1CCN(C(=O)c2cn(C)nc2S(=O)(=O)N2CCN(c3cc(Cl)ccc3C)CC2)CC1. The van der Waals surface area contributed by atoms with E-state index in [1.165, 1.54) is 15.2 Å². The fraction of sp³-hybridized carbons (Fsp3) is 0.565. The van der Waals surface area contributed by atoms with Crippen molar-refractivity contribution in [1.29, 1.82) is 0 Å². The number of carbonyl (C=O) groups is 1. The highest BCUT2D eigenvalue weighted by molar-refractivity contribution is 7.89. The molecule has 0 radical (unpaired) electrons. The predicted octanol–water partition coefficient (Wildman–Crippen LogP) is 2.06. The van der Waals surface area contributed by atoms with Crippen LogP contribution in [0.1, 0.15) is 29.3 Å². The molecule has 11 heteroatoms. The normalized spacial score (nSPS) is 18.5. The predicted molar refractivity (Wildman–Crippen MR) is 133 cm³/mol. The lowest BCUT2D eigenvalue weighted by Gasteiger charge is -2.36. The van der Waals surface area contributed by atoms with Crippen molar-refractivity contribution in [1.82, 2.24) is 23.9 Å². The van der Waals surface area contributed by atoms with Crippen molar-refractivity contribution >= 4 is 33.2 Å². The number of carbonyl (C=O) groups excluding carboxylic acids is 1. The van der Waals surface area contributed by atoms with Crippen LogP contribution in [0.5, 0.6) is 0 Å². The Morgan fingerprint density at radius 2 is 1.74 bits per heavy atom. The summed E-state index contributed by atoms with van der Waals surface area (Å²) in [4.78, 5) is 19.5. The number of piperazine rings is 2. The molecule has 0 N–H and O–H groups in total. The second kappa shape index (κ2) is 10.2. The van der Waals surface area contributed by atoms with Gasteiger partial charge in [-0.3, -0.25) is 14.4 Å². The number of benzene rings is 1. The Balaban J connectivity index is 1.48. The monoisotopic (exact) mass is 508 g/mol. The average molecular weight is 509 g/mol. The van der Waals surface area contributed by atoms with E-state index >= 15 is 0 Å². The van der Waals surface area contributed by atoms with E-state index in [1.807, 2.05) is 25.1 Å². The zero-order chi connectivity index (χ0) is 24.5. The average Bonchev–Trinajstić information content (AvgIpc) is 3.23. The number of anilines is 1. The third-order valence-electron chi connectivity index (χ3n) is 6.56. The molecule has 0 bridgehead atoms. The van der Waals surface area contributed by atoms with E-state index in [9.17, 15) is 13.2 Å². The van der Waals surface area contributed by atoms with Crippen LogP contribution in [-0.4, -0.2) is 97.1 Å². The number of rotatable bonds is 6. The Morgan fingerprint density at radius 3 is 2.38 bits per heavy atom. The van der Waals surface area contributed by atoms with E-state index in [1.54, 1.807) is 11.9 Å². The highest BCUT2D eigenvalue weighted by Gasteiger charge is 2.36. The molecule has 0 aliphatic carbocycles. The van der Waals surface area contributed by atoms with Crippen LogP contribution in [0.3, 0.4) is 0 Å². The zero-order valence-electron chi connectivity index (χ0n) is 20.1. The summed E-state index contributed by atoms with van der Waals surface area (Å²) in [5, 5.41) is 4.72. The molecule has 2 fully saturated rings. The van der Waals surface area contributed by atoms with Gasteiger partial charge in [0.1, 0.15) is 0 Å². The van der Waals surface area contributed by atoms with Crippen LogP contribution in [0.25, 0.3) is 0 Å². The molecule has 0 unspecified atom stereocenters. The summed E-state index contributed by atoms with van der Waals surface area (Å²) < 4.78 is 29.9. The number of hydrogen-bond donors (Lipinski definition) is 0. The van der Waals surface area contributed by atoms with Gasteiger partial charge in [-0.2, -0.15) is 9.40 Å². The minimum absolute atomic E-state index is 0.150. The molecule has 9 nitrogen and oxygen atoms in total. The zero-order valence-corrected chi connectivity index (χ0v) is 21.6. The lowest BCUT2D eigenvalue weighted by molar-refractivity contribution is 0.0633. The minimum Gasteiger partial charge on any atom is -0.369 e. The first-order chi connectivity index (χ1) is 16.2. The van der Waals surface area contributed by atoms with Gasteiger partial charge in [0.25, 0.3) is 15.9 Å². The second-order valence-corrected chi connectivity index (χ2v) is 11.3. The van der Waals surface area contributed by atoms with E-state index in [0.717, 1.165) is 37.3 Å². The third-order valence-corrected chi connectivity index (χ3v) is 8.63. The summed E-state index contributed by atoms with van der Waals surface area (Å²) in [6.45, 7) is 9.64. The van der Waals surface area contributed by atoms with Crippen molar-refractivity contribution in [2.45, 2.75) is 25.3 Å². The number of hydrogen-bond acceptors (Lipinski definition) is 6. The van der Waals surface area contributed by atoms with Gasteiger partial charge in [0.15, 0.2) is 0 Å². The number of sulfonamides is 1. The van der Waals surface area contributed by atoms with Gasteiger partial charge >= 0.3 is 0 Å². The first-order valence-electron chi connectivity index (χ1n) is 11.8. The van der Waals surface area contributed by atoms with Gasteiger partial charge < -0.3 is 9.80 Å². The van der Waals surface area contributed by atoms with Crippen LogP contribution in [0.4, 0.5) is 5.69 Å². The maximum Gasteiger partial charge on any atom is 0.263 e. The van der Waals surface area contributed by atoms with E-state index in [-0.39, 0.29) is 16.5 Å². The topological polar surface area (TPSA) is 82.0 Å². The van der Waals surface area contributed by atoms with E-state index in [4.69, 9.17) is 11.6 Å². The largest absolute Gasteiger partial charge is 0.369 e. The molecule has 2 aliphatic rings. The number of aryl methyl sites for hydroxylation is 2. The molecular weight excluding hydrogens is 476 g/mol. The molecule has 2 aliphatic heterocycles. The van der Waals surface area contributed by atoms with Crippen molar-refractivity contribution in [3.8, 4) is 0 Å². The summed E-state index contributed by atoms with van der Waals surface area (Å²) in [6.07, 6.45) is 2.60. The number of amides is 1. The molecule has 1 amide bonds. The van der Waals surface area contributed by atoms with Gasteiger partial charge in [0, 0.05) is 76.3 Å². The fourth-order valence-corrected chi connectivity index (χ4v) is 6.39. The molecule has 0 atom stereocenters. The molecule has 1 aromatic heterocycles. The highest BCUT2D eigenvalue weighted by Crippen LogP contribution is 2.27. The molecule has 2 saturated heterocycles. The van der Waals surface area contributed by atoms with Crippen LogP contribution < -0.4 is 4.90 Å². The number of halogens is 1. The molecule has 2 aromatic rings. The van der Waals surface area contributed by atoms with Crippen LogP contribution in [0.15, 0.2) is 29.4 Å².